The van der Waals surface area contributed by atoms with Crippen LogP contribution in [0.1, 0.15) is 25.0 Å². The Morgan fingerprint density at radius 3 is 2.38 bits per heavy atom. The molecule has 0 fully saturated rings. The molecule has 0 aliphatic rings. The van der Waals surface area contributed by atoms with E-state index in [1.54, 1.807) is 0 Å². The Labute approximate surface area is 126 Å². The summed E-state index contributed by atoms with van der Waals surface area (Å²) in [6, 6.07) is 7.69. The molecule has 0 heterocycles. The summed E-state index contributed by atoms with van der Waals surface area (Å²) in [5.74, 6) is -0.189. The molecule has 1 rings (SSSR count). The number of rotatable bonds is 8. The van der Waals surface area contributed by atoms with Crippen molar-refractivity contribution in [3.05, 3.63) is 35.4 Å². The van der Waals surface area contributed by atoms with E-state index >= 15 is 0 Å². The first-order chi connectivity index (χ1) is 9.92. The van der Waals surface area contributed by atoms with Crippen LogP contribution in [0.15, 0.2) is 24.3 Å². The van der Waals surface area contributed by atoms with Crippen LogP contribution in [-0.4, -0.2) is 37.0 Å². The lowest BCUT2D eigenvalue weighted by Crippen LogP contribution is -2.36. The van der Waals surface area contributed by atoms with E-state index in [1.165, 1.54) is 7.11 Å². The van der Waals surface area contributed by atoms with Crippen LogP contribution in [0.25, 0.3) is 0 Å². The van der Waals surface area contributed by atoms with Crippen molar-refractivity contribution >= 4 is 11.9 Å². The van der Waals surface area contributed by atoms with Gasteiger partial charge < -0.3 is 10.5 Å². The molecule has 0 radical (unpaired) electrons. The summed E-state index contributed by atoms with van der Waals surface area (Å²) in [7, 11) is 1.38. The molecule has 2 N–H and O–H groups in total. The Morgan fingerprint density at radius 2 is 1.86 bits per heavy atom. The number of hydrogen-bond donors (Lipinski definition) is 1. The number of ether oxygens (including phenoxy) is 1. The summed E-state index contributed by atoms with van der Waals surface area (Å²) in [6.45, 7) is 5.76. The maximum Gasteiger partial charge on any atom is 0.309 e. The van der Waals surface area contributed by atoms with E-state index in [2.05, 4.69) is 13.8 Å². The van der Waals surface area contributed by atoms with Crippen LogP contribution in [0.4, 0.5) is 0 Å². The van der Waals surface area contributed by atoms with Gasteiger partial charge in [0.25, 0.3) is 0 Å². The number of amides is 1. The zero-order valence-corrected chi connectivity index (χ0v) is 13.0. The number of nitrogens with zero attached hydrogens (tertiary/aromatic N) is 1. The first-order valence-corrected chi connectivity index (χ1v) is 7.06. The van der Waals surface area contributed by atoms with Crippen molar-refractivity contribution in [2.24, 2.45) is 11.7 Å². The number of hydrogen-bond acceptors (Lipinski definition) is 4. The Bertz CT molecular complexity index is 486. The lowest BCUT2D eigenvalue weighted by molar-refractivity contribution is -0.139. The Morgan fingerprint density at radius 1 is 1.24 bits per heavy atom. The fraction of sp³-hybridized carbons (Fsp3) is 0.500. The molecule has 0 aliphatic carbocycles. The van der Waals surface area contributed by atoms with Crippen molar-refractivity contribution in [2.75, 3.05) is 20.2 Å². The highest BCUT2D eigenvalue weighted by Gasteiger charge is 2.14. The van der Waals surface area contributed by atoms with E-state index < -0.39 is 0 Å². The van der Waals surface area contributed by atoms with Crippen molar-refractivity contribution in [1.29, 1.82) is 0 Å². The lowest BCUT2D eigenvalue weighted by atomic mass is 10.0. The minimum atomic E-state index is -0.346. The number of methoxy groups -OCH3 is 1. The van der Waals surface area contributed by atoms with Gasteiger partial charge in [-0.15, -0.1) is 0 Å². The average molecular weight is 292 g/mol. The molecule has 1 amide bonds. The summed E-state index contributed by atoms with van der Waals surface area (Å²) in [6.07, 6.45) is 0.235. The van der Waals surface area contributed by atoms with Crippen molar-refractivity contribution in [3.8, 4) is 0 Å². The average Bonchev–Trinajstić information content (AvgIpc) is 2.39. The number of nitrogens with two attached hydrogens (primary N) is 1. The Hall–Kier alpha value is -1.88. The van der Waals surface area contributed by atoms with Crippen LogP contribution in [0.2, 0.25) is 0 Å². The molecular formula is C16H24N2O3. The van der Waals surface area contributed by atoms with Gasteiger partial charge in [0.15, 0.2) is 0 Å². The molecule has 0 atom stereocenters. The second-order valence-electron chi connectivity index (χ2n) is 5.55. The number of carbonyl (C=O) groups excluding carboxylic acids is 2. The van der Waals surface area contributed by atoms with Crippen LogP contribution < -0.4 is 5.73 Å². The van der Waals surface area contributed by atoms with E-state index in [1.807, 2.05) is 29.2 Å². The predicted molar refractivity (Wildman–Crippen MR) is 81.5 cm³/mol. The van der Waals surface area contributed by atoms with Crippen LogP contribution in [0, 0.1) is 5.92 Å². The molecule has 1 aromatic carbocycles. The highest BCUT2D eigenvalue weighted by Crippen LogP contribution is 2.14. The molecule has 5 heteroatoms. The normalized spacial score (nSPS) is 10.9. The van der Waals surface area contributed by atoms with Gasteiger partial charge in [0.2, 0.25) is 5.91 Å². The maximum atomic E-state index is 11.5. The van der Waals surface area contributed by atoms with E-state index in [4.69, 9.17) is 10.5 Å². The zero-order valence-electron chi connectivity index (χ0n) is 13.0. The minimum absolute atomic E-state index is 0.213. The van der Waals surface area contributed by atoms with Gasteiger partial charge in [0.1, 0.15) is 0 Å². The highest BCUT2D eigenvalue weighted by atomic mass is 16.5. The fourth-order valence-corrected chi connectivity index (χ4v) is 2.27. The molecule has 0 aliphatic heterocycles. The molecule has 5 nitrogen and oxygen atoms in total. The summed E-state index contributed by atoms with van der Waals surface area (Å²) >= 11 is 0. The van der Waals surface area contributed by atoms with Gasteiger partial charge in [-0.1, -0.05) is 38.1 Å². The van der Waals surface area contributed by atoms with Crippen molar-refractivity contribution in [2.45, 2.75) is 26.8 Å². The largest absolute Gasteiger partial charge is 0.469 e. The van der Waals surface area contributed by atoms with Crippen LogP contribution >= 0.6 is 0 Å². The SMILES string of the molecule is COC(=O)Cc1ccccc1CN(CC(N)=O)CC(C)C. The van der Waals surface area contributed by atoms with Crippen molar-refractivity contribution in [1.82, 2.24) is 4.90 Å². The first-order valence-electron chi connectivity index (χ1n) is 7.06. The molecule has 116 valence electrons. The fourth-order valence-electron chi connectivity index (χ4n) is 2.27. The van der Waals surface area contributed by atoms with Gasteiger partial charge in [0, 0.05) is 13.1 Å². The quantitative estimate of drug-likeness (QED) is 0.734. The van der Waals surface area contributed by atoms with Gasteiger partial charge in [-0.3, -0.25) is 14.5 Å². The monoisotopic (exact) mass is 292 g/mol. The maximum absolute atomic E-state index is 11.5. The second kappa shape index (κ2) is 8.42. The van der Waals surface area contributed by atoms with E-state index in [0.29, 0.717) is 12.5 Å². The molecule has 0 unspecified atom stereocenters. The summed E-state index contributed by atoms with van der Waals surface area (Å²) in [5, 5.41) is 0. The van der Waals surface area contributed by atoms with Crippen molar-refractivity contribution < 1.29 is 14.3 Å². The van der Waals surface area contributed by atoms with Crippen LogP contribution in [0.3, 0.4) is 0 Å². The molecule has 0 saturated heterocycles. The van der Waals surface area contributed by atoms with Gasteiger partial charge in [-0.05, 0) is 17.0 Å². The molecule has 0 aromatic heterocycles. The third-order valence-corrected chi connectivity index (χ3v) is 3.08. The minimum Gasteiger partial charge on any atom is -0.469 e. The van der Waals surface area contributed by atoms with Gasteiger partial charge >= 0.3 is 5.97 Å². The summed E-state index contributed by atoms with van der Waals surface area (Å²) in [4.78, 5) is 24.7. The lowest BCUT2D eigenvalue weighted by Gasteiger charge is -2.24. The number of esters is 1. The zero-order chi connectivity index (χ0) is 15.8. The Balaban J connectivity index is 2.86. The predicted octanol–water partition coefficient (Wildman–Crippen LogP) is 1.35. The van der Waals surface area contributed by atoms with Crippen LogP contribution in [-0.2, 0) is 27.3 Å². The van der Waals surface area contributed by atoms with E-state index in [9.17, 15) is 9.59 Å². The van der Waals surface area contributed by atoms with Gasteiger partial charge in [-0.2, -0.15) is 0 Å². The van der Waals surface area contributed by atoms with E-state index in [-0.39, 0.29) is 24.8 Å². The summed E-state index contributed by atoms with van der Waals surface area (Å²) < 4.78 is 4.72. The van der Waals surface area contributed by atoms with Crippen molar-refractivity contribution in [3.63, 3.8) is 0 Å². The van der Waals surface area contributed by atoms with Gasteiger partial charge in [0.05, 0.1) is 20.1 Å². The smallest absolute Gasteiger partial charge is 0.309 e. The standard InChI is InChI=1S/C16H24N2O3/c1-12(2)9-18(11-15(17)19)10-14-7-5-4-6-13(14)8-16(20)21-3/h4-7,12H,8-11H2,1-3H3,(H2,17,19). The van der Waals surface area contributed by atoms with Gasteiger partial charge in [-0.25, -0.2) is 0 Å². The topological polar surface area (TPSA) is 72.6 Å². The third-order valence-electron chi connectivity index (χ3n) is 3.08. The summed E-state index contributed by atoms with van der Waals surface area (Å²) in [5.41, 5.74) is 7.25. The Kier molecular flexibility index (Phi) is 6.88. The third kappa shape index (κ3) is 6.40. The van der Waals surface area contributed by atoms with Crippen LogP contribution in [0.5, 0.6) is 0 Å². The molecule has 0 saturated carbocycles. The number of primary amides is 1. The number of benzene rings is 1. The first kappa shape index (κ1) is 17.2. The highest BCUT2D eigenvalue weighted by molar-refractivity contribution is 5.76. The number of carbonyl (C=O) groups is 2. The molecular weight excluding hydrogens is 268 g/mol. The molecule has 21 heavy (non-hydrogen) atoms. The molecule has 0 spiro atoms. The second-order valence-corrected chi connectivity index (χ2v) is 5.55. The van der Waals surface area contributed by atoms with E-state index in [0.717, 1.165) is 17.7 Å². The molecule has 0 bridgehead atoms. The molecule has 1 aromatic rings.